The number of aromatic nitrogens is 2. The number of halogens is 1. The number of aliphatic hydroxyl groups is 1. The first-order valence-electron chi connectivity index (χ1n) is 10.0. The molecule has 1 heterocycles. The molecule has 2 N–H and O–H groups in total. The SMILES string of the molecule is CCCOc1c(Cl)cc(C(=O)OC/C(O)=C(\C#N)c2nc3ccccc3[nH]2)cc1OCC. The maximum absolute atomic E-state index is 12.6. The van der Waals surface area contributed by atoms with Crippen LogP contribution in [-0.4, -0.2) is 40.9 Å². The molecule has 2 aromatic carbocycles. The number of benzene rings is 2. The van der Waals surface area contributed by atoms with Crippen molar-refractivity contribution in [2.24, 2.45) is 0 Å². The van der Waals surface area contributed by atoms with Crippen molar-refractivity contribution in [3.8, 4) is 17.6 Å². The minimum atomic E-state index is -0.747. The summed E-state index contributed by atoms with van der Waals surface area (Å²) in [6, 6.07) is 12.0. The molecule has 0 spiro atoms. The summed E-state index contributed by atoms with van der Waals surface area (Å²) in [4.78, 5) is 19.8. The van der Waals surface area contributed by atoms with Crippen molar-refractivity contribution in [3.05, 3.63) is 58.6 Å². The molecule has 0 saturated heterocycles. The van der Waals surface area contributed by atoms with E-state index in [1.54, 1.807) is 19.1 Å². The van der Waals surface area contributed by atoms with Crippen molar-refractivity contribution in [2.75, 3.05) is 19.8 Å². The van der Waals surface area contributed by atoms with E-state index >= 15 is 0 Å². The Morgan fingerprint density at radius 2 is 2.03 bits per heavy atom. The number of hydrogen-bond donors (Lipinski definition) is 2. The van der Waals surface area contributed by atoms with Crippen LogP contribution in [0.5, 0.6) is 11.5 Å². The first-order chi connectivity index (χ1) is 15.5. The molecule has 0 atom stereocenters. The minimum Gasteiger partial charge on any atom is -0.507 e. The number of imidazole rings is 1. The molecule has 32 heavy (non-hydrogen) atoms. The topological polar surface area (TPSA) is 117 Å². The van der Waals surface area contributed by atoms with Gasteiger partial charge in [-0.2, -0.15) is 5.26 Å². The first kappa shape index (κ1) is 23.0. The number of nitrogens with zero attached hydrogens (tertiary/aromatic N) is 2. The van der Waals surface area contributed by atoms with Gasteiger partial charge in [-0.25, -0.2) is 9.78 Å². The molecular formula is C23H22ClN3O5. The number of carbonyl (C=O) groups is 1. The van der Waals surface area contributed by atoms with E-state index < -0.39 is 18.3 Å². The summed E-state index contributed by atoms with van der Waals surface area (Å²) in [5.74, 6) is -0.324. The van der Waals surface area contributed by atoms with Crippen molar-refractivity contribution < 1.29 is 24.1 Å². The second kappa shape index (κ2) is 10.6. The molecule has 0 fully saturated rings. The third-order valence-corrected chi connectivity index (χ3v) is 4.64. The Bertz CT molecular complexity index is 1160. The predicted molar refractivity (Wildman–Crippen MR) is 120 cm³/mol. The average molecular weight is 456 g/mol. The largest absolute Gasteiger partial charge is 0.507 e. The highest BCUT2D eigenvalue weighted by atomic mass is 35.5. The van der Waals surface area contributed by atoms with Crippen molar-refractivity contribution in [2.45, 2.75) is 20.3 Å². The highest BCUT2D eigenvalue weighted by molar-refractivity contribution is 6.32. The lowest BCUT2D eigenvalue weighted by molar-refractivity contribution is 0.0502. The zero-order valence-corrected chi connectivity index (χ0v) is 18.4. The Kier molecular flexibility index (Phi) is 7.58. The van der Waals surface area contributed by atoms with Gasteiger partial charge < -0.3 is 24.3 Å². The van der Waals surface area contributed by atoms with Gasteiger partial charge in [-0.05, 0) is 37.6 Å². The van der Waals surface area contributed by atoms with E-state index in [4.69, 9.17) is 25.8 Å². The van der Waals surface area contributed by atoms with E-state index in [1.807, 2.05) is 25.1 Å². The monoisotopic (exact) mass is 455 g/mol. The number of ether oxygens (including phenoxy) is 3. The highest BCUT2D eigenvalue weighted by Crippen LogP contribution is 2.37. The number of fused-ring (bicyclic) bond motifs is 1. The van der Waals surface area contributed by atoms with Gasteiger partial charge in [0.2, 0.25) is 0 Å². The Labute approximate surface area is 190 Å². The number of para-hydroxylation sites is 2. The van der Waals surface area contributed by atoms with Crippen LogP contribution in [0.3, 0.4) is 0 Å². The number of H-pyrrole nitrogens is 1. The summed E-state index contributed by atoms with van der Waals surface area (Å²) in [5, 5.41) is 20.0. The summed E-state index contributed by atoms with van der Waals surface area (Å²) >= 11 is 6.28. The van der Waals surface area contributed by atoms with Crippen molar-refractivity contribution in [3.63, 3.8) is 0 Å². The maximum atomic E-state index is 12.6. The number of aliphatic hydroxyl groups excluding tert-OH is 1. The lowest BCUT2D eigenvalue weighted by atomic mass is 10.2. The Morgan fingerprint density at radius 1 is 1.25 bits per heavy atom. The molecule has 3 rings (SSSR count). The third kappa shape index (κ3) is 5.13. The molecule has 0 bridgehead atoms. The Hall–Kier alpha value is -3.70. The third-order valence-electron chi connectivity index (χ3n) is 4.36. The summed E-state index contributed by atoms with van der Waals surface area (Å²) in [7, 11) is 0. The number of nitriles is 1. The molecular weight excluding hydrogens is 434 g/mol. The molecule has 0 unspecified atom stereocenters. The molecule has 3 aromatic rings. The smallest absolute Gasteiger partial charge is 0.338 e. The van der Waals surface area contributed by atoms with Crippen LogP contribution in [0.15, 0.2) is 42.2 Å². The second-order valence-electron chi connectivity index (χ2n) is 6.68. The fourth-order valence-electron chi connectivity index (χ4n) is 2.91. The predicted octanol–water partition coefficient (Wildman–Crippen LogP) is 5.05. The van der Waals surface area contributed by atoms with Crippen LogP contribution in [0.4, 0.5) is 0 Å². The average Bonchev–Trinajstić information content (AvgIpc) is 3.21. The van der Waals surface area contributed by atoms with Crippen LogP contribution in [0, 0.1) is 11.3 Å². The van der Waals surface area contributed by atoms with Crippen molar-refractivity contribution in [1.82, 2.24) is 9.97 Å². The molecule has 0 aliphatic rings. The summed E-state index contributed by atoms with van der Waals surface area (Å²) < 4.78 is 16.3. The number of carbonyl (C=O) groups excluding carboxylic acids is 1. The van der Waals surface area contributed by atoms with Crippen LogP contribution in [-0.2, 0) is 4.74 Å². The standard InChI is InChI=1S/C23H22ClN3O5/c1-3-9-31-21-16(24)10-14(11-20(21)30-4-2)23(29)32-13-19(28)15(12-25)22-26-17-7-5-6-8-18(17)27-22/h5-8,10-11,28H,3-4,9,13H2,1-2H3,(H,26,27)/b19-15-. The molecule has 0 aliphatic heterocycles. The number of aromatic amines is 1. The molecule has 0 radical (unpaired) electrons. The number of allylic oxidation sites excluding steroid dienone is 1. The van der Waals surface area contributed by atoms with E-state index in [1.165, 1.54) is 12.1 Å². The van der Waals surface area contributed by atoms with Gasteiger partial charge in [0.1, 0.15) is 18.2 Å². The van der Waals surface area contributed by atoms with Crippen LogP contribution >= 0.6 is 11.6 Å². The fourth-order valence-corrected chi connectivity index (χ4v) is 3.17. The van der Waals surface area contributed by atoms with Gasteiger partial charge in [0, 0.05) is 0 Å². The van der Waals surface area contributed by atoms with E-state index in [0.29, 0.717) is 35.7 Å². The minimum absolute atomic E-state index is 0.120. The number of nitrogens with one attached hydrogen (secondary N) is 1. The number of hydrogen-bond acceptors (Lipinski definition) is 7. The van der Waals surface area contributed by atoms with E-state index in [-0.39, 0.29) is 22.0 Å². The lowest BCUT2D eigenvalue weighted by Gasteiger charge is -2.14. The van der Waals surface area contributed by atoms with E-state index in [9.17, 15) is 15.2 Å². The van der Waals surface area contributed by atoms with Gasteiger partial charge in [0.05, 0.1) is 34.8 Å². The molecule has 9 heteroatoms. The second-order valence-corrected chi connectivity index (χ2v) is 7.09. The summed E-state index contributed by atoms with van der Waals surface area (Å²) in [5.41, 5.74) is 1.36. The van der Waals surface area contributed by atoms with Crippen molar-refractivity contribution >= 4 is 34.2 Å². The molecule has 166 valence electrons. The van der Waals surface area contributed by atoms with E-state index in [2.05, 4.69) is 9.97 Å². The Morgan fingerprint density at radius 3 is 2.72 bits per heavy atom. The molecule has 8 nitrogen and oxygen atoms in total. The number of esters is 1. The summed E-state index contributed by atoms with van der Waals surface area (Å²) in [6.45, 7) is 4.03. The quantitative estimate of drug-likeness (QED) is 0.263. The lowest BCUT2D eigenvalue weighted by Crippen LogP contribution is -2.10. The molecule has 0 amide bonds. The van der Waals surface area contributed by atoms with Crippen LogP contribution in [0.1, 0.15) is 36.5 Å². The molecule has 0 aliphatic carbocycles. The summed E-state index contributed by atoms with van der Waals surface area (Å²) in [6.07, 6.45) is 0.782. The molecule has 0 saturated carbocycles. The zero-order valence-electron chi connectivity index (χ0n) is 17.6. The normalized spacial score (nSPS) is 11.6. The molecule has 1 aromatic heterocycles. The van der Waals surface area contributed by atoms with E-state index in [0.717, 1.165) is 6.42 Å². The van der Waals surface area contributed by atoms with Crippen molar-refractivity contribution in [1.29, 1.82) is 5.26 Å². The maximum Gasteiger partial charge on any atom is 0.338 e. The fraction of sp³-hybridized carbons (Fsp3) is 0.261. The number of rotatable bonds is 9. The van der Waals surface area contributed by atoms with Gasteiger partial charge in [-0.1, -0.05) is 30.7 Å². The first-order valence-corrected chi connectivity index (χ1v) is 10.4. The van der Waals surface area contributed by atoms with Crippen LogP contribution in [0.25, 0.3) is 16.6 Å². The van der Waals surface area contributed by atoms with Gasteiger partial charge in [-0.15, -0.1) is 0 Å². The van der Waals surface area contributed by atoms with Crippen LogP contribution < -0.4 is 9.47 Å². The van der Waals surface area contributed by atoms with Gasteiger partial charge >= 0.3 is 5.97 Å². The van der Waals surface area contributed by atoms with Gasteiger partial charge in [0.25, 0.3) is 0 Å². The zero-order chi connectivity index (χ0) is 23.1. The highest BCUT2D eigenvalue weighted by Gasteiger charge is 2.19. The Balaban J connectivity index is 1.79. The van der Waals surface area contributed by atoms with Crippen LogP contribution in [0.2, 0.25) is 5.02 Å². The van der Waals surface area contributed by atoms with Gasteiger partial charge in [-0.3, -0.25) is 0 Å². The van der Waals surface area contributed by atoms with Gasteiger partial charge in [0.15, 0.2) is 23.1 Å².